The van der Waals surface area contributed by atoms with E-state index in [0.717, 1.165) is 31.2 Å². The number of rotatable bonds is 0. The highest BCUT2D eigenvalue weighted by molar-refractivity contribution is 6.33. The Hall–Kier alpha value is -1.20. The molecule has 6 heteroatoms. The molecule has 92 valence electrons. The van der Waals surface area contributed by atoms with Crippen LogP contribution in [0, 0.1) is 0 Å². The van der Waals surface area contributed by atoms with Crippen LogP contribution in [0.1, 0.15) is 0 Å². The number of halogens is 1. The van der Waals surface area contributed by atoms with Crippen LogP contribution in [0.2, 0.25) is 5.02 Å². The number of likely N-dealkylation sites (N-methyl/N-ethyl adjacent to an activating group) is 1. The van der Waals surface area contributed by atoms with Crippen molar-refractivity contribution in [2.75, 3.05) is 43.9 Å². The second kappa shape index (κ2) is 3.92. The lowest BCUT2D eigenvalue weighted by Gasteiger charge is -2.43. The lowest BCUT2D eigenvalue weighted by atomic mass is 10.1. The minimum absolute atomic E-state index is 0.356. The summed E-state index contributed by atoms with van der Waals surface area (Å²) < 4.78 is 5.71. The van der Waals surface area contributed by atoms with Crippen LogP contribution >= 0.6 is 11.6 Å². The molecule has 1 saturated heterocycles. The molecule has 1 aromatic heterocycles. The maximum absolute atomic E-state index is 5.95. The van der Waals surface area contributed by atoms with Gasteiger partial charge in [0.25, 0.3) is 0 Å². The van der Waals surface area contributed by atoms with Gasteiger partial charge < -0.3 is 20.3 Å². The Morgan fingerprint density at radius 2 is 2.35 bits per heavy atom. The first-order chi connectivity index (χ1) is 8.15. The highest BCUT2D eigenvalue weighted by Gasteiger charge is 2.33. The molecule has 0 radical (unpaired) electrons. The molecule has 0 saturated carbocycles. The van der Waals surface area contributed by atoms with Crippen molar-refractivity contribution < 1.29 is 4.74 Å². The van der Waals surface area contributed by atoms with Gasteiger partial charge in [0.15, 0.2) is 11.6 Å². The van der Waals surface area contributed by atoms with Gasteiger partial charge >= 0.3 is 0 Å². The topological polar surface area (TPSA) is 54.6 Å². The lowest BCUT2D eigenvalue weighted by molar-refractivity contribution is 0.186. The van der Waals surface area contributed by atoms with Gasteiger partial charge in [0.1, 0.15) is 12.4 Å². The van der Waals surface area contributed by atoms with Crippen molar-refractivity contribution in [2.24, 2.45) is 0 Å². The van der Waals surface area contributed by atoms with Gasteiger partial charge in [-0.25, -0.2) is 4.98 Å². The van der Waals surface area contributed by atoms with Crippen LogP contribution in [0.15, 0.2) is 6.07 Å². The number of nitrogens with zero attached hydrogens (tertiary/aromatic N) is 3. The fourth-order valence-corrected chi connectivity index (χ4v) is 2.55. The van der Waals surface area contributed by atoms with Crippen molar-refractivity contribution in [2.45, 2.75) is 6.04 Å². The van der Waals surface area contributed by atoms with Gasteiger partial charge in [0.2, 0.25) is 0 Å². The van der Waals surface area contributed by atoms with E-state index in [-0.39, 0.29) is 0 Å². The number of nitrogen functional groups attached to an aromatic ring is 1. The normalized spacial score (nSPS) is 23.9. The minimum Gasteiger partial charge on any atom is -0.487 e. The SMILES string of the molecule is CN1CCN2c3nc(N)c(Cl)cc3OC[C@H]2C1. The quantitative estimate of drug-likeness (QED) is 0.743. The van der Waals surface area contributed by atoms with Crippen molar-refractivity contribution in [3.63, 3.8) is 0 Å². The smallest absolute Gasteiger partial charge is 0.174 e. The molecule has 1 fully saturated rings. The third-order valence-electron chi connectivity index (χ3n) is 3.34. The molecular weight excluding hydrogens is 240 g/mol. The van der Waals surface area contributed by atoms with E-state index in [9.17, 15) is 0 Å². The Morgan fingerprint density at radius 3 is 3.18 bits per heavy atom. The van der Waals surface area contributed by atoms with E-state index < -0.39 is 0 Å². The van der Waals surface area contributed by atoms with Crippen LogP contribution in [-0.2, 0) is 0 Å². The van der Waals surface area contributed by atoms with Crippen LogP contribution in [0.25, 0.3) is 0 Å². The standard InChI is InChI=1S/C11H15ClN4O/c1-15-2-3-16-7(5-15)6-17-9-4-8(12)10(13)14-11(9)16/h4,7H,2-3,5-6H2,1H3,(H2,13,14)/t7-/m1/s1. The average molecular weight is 255 g/mol. The summed E-state index contributed by atoms with van der Waals surface area (Å²) in [5.41, 5.74) is 5.76. The maximum atomic E-state index is 5.95. The van der Waals surface area contributed by atoms with Gasteiger partial charge in [-0.3, -0.25) is 0 Å². The largest absolute Gasteiger partial charge is 0.487 e. The monoisotopic (exact) mass is 254 g/mol. The zero-order valence-electron chi connectivity index (χ0n) is 9.69. The summed E-state index contributed by atoms with van der Waals surface area (Å²) in [6.45, 7) is 3.65. The van der Waals surface area contributed by atoms with Crippen molar-refractivity contribution >= 4 is 23.2 Å². The van der Waals surface area contributed by atoms with Crippen molar-refractivity contribution in [1.29, 1.82) is 0 Å². The molecule has 0 amide bonds. The van der Waals surface area contributed by atoms with Crippen molar-refractivity contribution in [3.8, 4) is 5.75 Å². The van der Waals surface area contributed by atoms with E-state index in [4.69, 9.17) is 22.1 Å². The summed E-state index contributed by atoms with van der Waals surface area (Å²) in [5.74, 6) is 1.94. The van der Waals surface area contributed by atoms with E-state index in [1.165, 1.54) is 0 Å². The number of hydrogen-bond donors (Lipinski definition) is 1. The molecule has 1 aromatic rings. The number of hydrogen-bond acceptors (Lipinski definition) is 5. The first kappa shape index (κ1) is 10.9. The number of fused-ring (bicyclic) bond motifs is 3. The summed E-state index contributed by atoms with van der Waals surface area (Å²) in [4.78, 5) is 8.92. The zero-order valence-corrected chi connectivity index (χ0v) is 10.4. The van der Waals surface area contributed by atoms with Gasteiger partial charge in [0.05, 0.1) is 11.1 Å². The maximum Gasteiger partial charge on any atom is 0.174 e. The molecule has 0 unspecified atom stereocenters. The molecule has 0 aromatic carbocycles. The first-order valence-corrected chi connectivity index (χ1v) is 6.07. The molecule has 5 nitrogen and oxygen atoms in total. The van der Waals surface area contributed by atoms with Gasteiger partial charge in [-0.2, -0.15) is 0 Å². The predicted molar refractivity (Wildman–Crippen MR) is 67.8 cm³/mol. The molecule has 2 aliphatic heterocycles. The van der Waals surface area contributed by atoms with Crippen molar-refractivity contribution in [3.05, 3.63) is 11.1 Å². The van der Waals surface area contributed by atoms with Crippen LogP contribution < -0.4 is 15.4 Å². The molecule has 0 spiro atoms. The van der Waals surface area contributed by atoms with Crippen LogP contribution in [0.4, 0.5) is 11.6 Å². The molecule has 0 bridgehead atoms. The molecule has 3 rings (SSSR count). The third-order valence-corrected chi connectivity index (χ3v) is 3.64. The number of anilines is 2. The third kappa shape index (κ3) is 1.79. The predicted octanol–water partition coefficient (Wildman–Crippen LogP) is 0.830. The zero-order chi connectivity index (χ0) is 12.0. The van der Waals surface area contributed by atoms with Gasteiger partial charge in [-0.05, 0) is 7.05 Å². The Balaban J connectivity index is 1.98. The highest BCUT2D eigenvalue weighted by atomic mass is 35.5. The Morgan fingerprint density at radius 1 is 1.53 bits per heavy atom. The van der Waals surface area contributed by atoms with E-state index in [2.05, 4.69) is 21.8 Å². The van der Waals surface area contributed by atoms with Gasteiger partial charge in [-0.1, -0.05) is 11.6 Å². The second-order valence-corrected chi connectivity index (χ2v) is 5.00. The van der Waals surface area contributed by atoms with E-state index in [1.54, 1.807) is 6.07 Å². The Bertz CT molecular complexity index is 453. The van der Waals surface area contributed by atoms with Gasteiger partial charge in [0, 0.05) is 25.7 Å². The molecule has 17 heavy (non-hydrogen) atoms. The molecule has 2 aliphatic rings. The summed E-state index contributed by atoms with van der Waals surface area (Å²) in [6.07, 6.45) is 0. The molecular formula is C11H15ClN4O. The van der Waals surface area contributed by atoms with Crippen LogP contribution in [0.3, 0.4) is 0 Å². The van der Waals surface area contributed by atoms with E-state index >= 15 is 0 Å². The average Bonchev–Trinajstić information content (AvgIpc) is 2.30. The number of aromatic nitrogens is 1. The number of ether oxygens (including phenoxy) is 1. The van der Waals surface area contributed by atoms with Crippen LogP contribution in [0.5, 0.6) is 5.75 Å². The molecule has 0 aliphatic carbocycles. The highest BCUT2D eigenvalue weighted by Crippen LogP contribution is 2.37. The summed E-state index contributed by atoms with van der Waals surface area (Å²) in [5, 5.41) is 0.455. The summed E-state index contributed by atoms with van der Waals surface area (Å²) in [7, 11) is 2.12. The summed E-state index contributed by atoms with van der Waals surface area (Å²) >= 11 is 5.95. The molecule has 1 atom stereocenters. The number of nitrogens with two attached hydrogens (primary N) is 1. The lowest BCUT2D eigenvalue weighted by Crippen LogP contribution is -2.56. The Labute approximate surface area is 105 Å². The summed E-state index contributed by atoms with van der Waals surface area (Å²) in [6, 6.07) is 2.11. The van der Waals surface area contributed by atoms with E-state index in [1.807, 2.05) is 0 Å². The first-order valence-electron chi connectivity index (χ1n) is 5.69. The van der Waals surface area contributed by atoms with E-state index in [0.29, 0.717) is 23.5 Å². The van der Waals surface area contributed by atoms with Gasteiger partial charge in [-0.15, -0.1) is 0 Å². The van der Waals surface area contributed by atoms with Crippen LogP contribution in [-0.4, -0.2) is 49.2 Å². The molecule has 3 heterocycles. The number of piperazine rings is 1. The fraction of sp³-hybridized carbons (Fsp3) is 0.545. The minimum atomic E-state index is 0.356. The molecule has 2 N–H and O–H groups in total. The Kier molecular flexibility index (Phi) is 2.52. The fourth-order valence-electron chi connectivity index (χ4n) is 2.41. The van der Waals surface area contributed by atoms with Crippen molar-refractivity contribution in [1.82, 2.24) is 9.88 Å². The number of pyridine rings is 1. The second-order valence-electron chi connectivity index (χ2n) is 4.60.